The van der Waals surface area contributed by atoms with E-state index in [0.717, 1.165) is 25.2 Å². The van der Waals surface area contributed by atoms with Crippen LogP contribution in [0.5, 0.6) is 5.75 Å². The van der Waals surface area contributed by atoms with Gasteiger partial charge in [-0.3, -0.25) is 0 Å². The molecule has 19 heavy (non-hydrogen) atoms. The van der Waals surface area contributed by atoms with Crippen molar-refractivity contribution in [1.29, 1.82) is 0 Å². The summed E-state index contributed by atoms with van der Waals surface area (Å²) in [5, 5.41) is 3.48. The fraction of sp³-hybridized carbons (Fsp3) is 0.529. The van der Waals surface area contributed by atoms with Gasteiger partial charge in [0.05, 0.1) is 6.61 Å². The molecule has 2 heteroatoms. The molecule has 0 saturated carbocycles. The molecule has 2 nitrogen and oxygen atoms in total. The second-order valence-electron chi connectivity index (χ2n) is 5.62. The van der Waals surface area contributed by atoms with Crippen molar-refractivity contribution in [2.45, 2.75) is 44.6 Å². The van der Waals surface area contributed by atoms with E-state index in [0.29, 0.717) is 6.04 Å². The lowest BCUT2D eigenvalue weighted by Crippen LogP contribution is -2.17. The molecule has 1 heterocycles. The van der Waals surface area contributed by atoms with Gasteiger partial charge in [0, 0.05) is 12.5 Å². The zero-order chi connectivity index (χ0) is 13.1. The van der Waals surface area contributed by atoms with E-state index in [4.69, 9.17) is 4.74 Å². The van der Waals surface area contributed by atoms with Crippen molar-refractivity contribution in [1.82, 2.24) is 5.32 Å². The van der Waals surface area contributed by atoms with Crippen LogP contribution < -0.4 is 10.1 Å². The zero-order valence-electron chi connectivity index (χ0n) is 11.7. The molecule has 0 radical (unpaired) electrons. The summed E-state index contributed by atoms with van der Waals surface area (Å²) in [4.78, 5) is 0. The molecular weight excluding hydrogens is 234 g/mol. The molecule has 3 rings (SSSR count). The number of benzene rings is 1. The fourth-order valence-corrected chi connectivity index (χ4v) is 3.16. The Balaban J connectivity index is 1.76. The largest absolute Gasteiger partial charge is 0.493 e. The van der Waals surface area contributed by atoms with Crippen LogP contribution in [-0.2, 0) is 6.42 Å². The van der Waals surface area contributed by atoms with Crippen molar-refractivity contribution in [3.8, 4) is 5.75 Å². The minimum Gasteiger partial charge on any atom is -0.493 e. The highest BCUT2D eigenvalue weighted by atomic mass is 16.5. The number of nitrogens with one attached hydrogen (secondary N) is 1. The number of hydrogen-bond donors (Lipinski definition) is 1. The van der Waals surface area contributed by atoms with E-state index in [1.54, 1.807) is 5.57 Å². The first-order valence-corrected chi connectivity index (χ1v) is 7.47. The lowest BCUT2D eigenvalue weighted by molar-refractivity contribution is 0.356. The Bertz CT molecular complexity index is 478. The summed E-state index contributed by atoms with van der Waals surface area (Å²) >= 11 is 0. The normalized spacial score (nSPS) is 19.5. The van der Waals surface area contributed by atoms with Crippen LogP contribution in [0.4, 0.5) is 0 Å². The van der Waals surface area contributed by atoms with Crippen molar-refractivity contribution >= 4 is 0 Å². The van der Waals surface area contributed by atoms with Gasteiger partial charge >= 0.3 is 0 Å². The molecule has 2 aliphatic rings. The van der Waals surface area contributed by atoms with Crippen LogP contribution in [-0.4, -0.2) is 13.7 Å². The number of rotatable bonds is 4. The molecule has 0 spiro atoms. The van der Waals surface area contributed by atoms with Gasteiger partial charge in [0.1, 0.15) is 5.75 Å². The zero-order valence-corrected chi connectivity index (χ0v) is 11.7. The molecule has 0 saturated heterocycles. The Labute approximate surface area is 115 Å². The maximum absolute atomic E-state index is 5.58. The summed E-state index contributed by atoms with van der Waals surface area (Å²) in [6.07, 6.45) is 9.93. The van der Waals surface area contributed by atoms with E-state index < -0.39 is 0 Å². The van der Waals surface area contributed by atoms with E-state index in [-0.39, 0.29) is 0 Å². The predicted octanol–water partition coefficient (Wildman–Crippen LogP) is 3.77. The van der Waals surface area contributed by atoms with Crippen LogP contribution in [0.1, 0.15) is 49.3 Å². The van der Waals surface area contributed by atoms with Crippen LogP contribution in [0.15, 0.2) is 29.8 Å². The highest BCUT2D eigenvalue weighted by Gasteiger charge is 2.17. The summed E-state index contributed by atoms with van der Waals surface area (Å²) in [5.41, 5.74) is 4.40. The van der Waals surface area contributed by atoms with Gasteiger partial charge in [-0.15, -0.1) is 0 Å². The average Bonchev–Trinajstić information content (AvgIpc) is 2.93. The van der Waals surface area contributed by atoms with Crippen molar-refractivity contribution < 1.29 is 4.74 Å². The number of hydrogen-bond acceptors (Lipinski definition) is 2. The van der Waals surface area contributed by atoms with Gasteiger partial charge in [0.15, 0.2) is 0 Å². The van der Waals surface area contributed by atoms with E-state index in [1.807, 2.05) is 0 Å². The molecule has 1 atom stereocenters. The number of ether oxygens (including phenoxy) is 1. The molecule has 1 aliphatic carbocycles. The maximum atomic E-state index is 5.58. The highest BCUT2D eigenvalue weighted by molar-refractivity contribution is 5.41. The third-order valence-corrected chi connectivity index (χ3v) is 4.32. The Hall–Kier alpha value is -1.28. The Morgan fingerprint density at radius 3 is 3.00 bits per heavy atom. The summed E-state index contributed by atoms with van der Waals surface area (Å²) in [5.74, 6) is 1.08. The standard InChI is InChI=1S/C17H23NO/c1-18-16(11-13-5-3-2-4-6-13)14-7-8-17-15(12-14)9-10-19-17/h5,7-8,12,16,18H,2-4,6,9-11H2,1H3. The number of allylic oxidation sites excluding steroid dienone is 1. The van der Waals surface area contributed by atoms with Crippen LogP contribution in [0.3, 0.4) is 0 Å². The SMILES string of the molecule is CNC(CC1=CCCCC1)c1ccc2c(c1)CCO2. The van der Waals surface area contributed by atoms with Gasteiger partial charge in [0.2, 0.25) is 0 Å². The van der Waals surface area contributed by atoms with Crippen molar-refractivity contribution in [2.24, 2.45) is 0 Å². The fourth-order valence-electron chi connectivity index (χ4n) is 3.16. The smallest absolute Gasteiger partial charge is 0.122 e. The Morgan fingerprint density at radius 1 is 1.26 bits per heavy atom. The van der Waals surface area contributed by atoms with Crippen molar-refractivity contribution in [2.75, 3.05) is 13.7 Å². The topological polar surface area (TPSA) is 21.3 Å². The molecule has 1 unspecified atom stereocenters. The van der Waals surface area contributed by atoms with Gasteiger partial charge in [0.25, 0.3) is 0 Å². The molecule has 1 aromatic rings. The molecule has 1 aliphatic heterocycles. The van der Waals surface area contributed by atoms with Gasteiger partial charge in [-0.2, -0.15) is 0 Å². The molecule has 0 bridgehead atoms. The predicted molar refractivity (Wildman–Crippen MR) is 78.6 cm³/mol. The van der Waals surface area contributed by atoms with Gasteiger partial charge in [-0.25, -0.2) is 0 Å². The maximum Gasteiger partial charge on any atom is 0.122 e. The third-order valence-electron chi connectivity index (χ3n) is 4.32. The lowest BCUT2D eigenvalue weighted by Gasteiger charge is -2.21. The summed E-state index contributed by atoms with van der Waals surface area (Å²) in [6.45, 7) is 0.841. The first kappa shape index (κ1) is 12.7. The first-order valence-electron chi connectivity index (χ1n) is 7.47. The van der Waals surface area contributed by atoms with Crippen LogP contribution in [0.2, 0.25) is 0 Å². The van der Waals surface area contributed by atoms with E-state index in [9.17, 15) is 0 Å². The molecular formula is C17H23NO. The Kier molecular flexibility index (Phi) is 3.88. The molecule has 1 aromatic carbocycles. The van der Waals surface area contributed by atoms with E-state index in [2.05, 4.69) is 36.6 Å². The van der Waals surface area contributed by atoms with E-state index >= 15 is 0 Å². The van der Waals surface area contributed by atoms with Gasteiger partial charge < -0.3 is 10.1 Å². The molecule has 1 N–H and O–H groups in total. The quantitative estimate of drug-likeness (QED) is 0.829. The lowest BCUT2D eigenvalue weighted by atomic mass is 9.91. The molecule has 0 amide bonds. The summed E-state index contributed by atoms with van der Waals surface area (Å²) in [7, 11) is 2.07. The minimum absolute atomic E-state index is 0.440. The summed E-state index contributed by atoms with van der Waals surface area (Å²) < 4.78 is 5.58. The molecule has 102 valence electrons. The number of fused-ring (bicyclic) bond motifs is 1. The molecule has 0 aromatic heterocycles. The van der Waals surface area contributed by atoms with Crippen LogP contribution in [0, 0.1) is 0 Å². The second kappa shape index (κ2) is 5.79. The second-order valence-corrected chi connectivity index (χ2v) is 5.62. The van der Waals surface area contributed by atoms with Gasteiger partial charge in [-0.1, -0.05) is 23.8 Å². The Morgan fingerprint density at radius 2 is 2.21 bits per heavy atom. The summed E-state index contributed by atoms with van der Waals surface area (Å²) in [6, 6.07) is 7.12. The van der Waals surface area contributed by atoms with Crippen LogP contribution >= 0.6 is 0 Å². The molecule has 0 fully saturated rings. The monoisotopic (exact) mass is 257 g/mol. The third kappa shape index (κ3) is 2.84. The van der Waals surface area contributed by atoms with E-state index in [1.165, 1.54) is 36.8 Å². The average molecular weight is 257 g/mol. The van der Waals surface area contributed by atoms with Crippen molar-refractivity contribution in [3.05, 3.63) is 41.0 Å². The van der Waals surface area contributed by atoms with Gasteiger partial charge in [-0.05, 0) is 56.3 Å². The highest BCUT2D eigenvalue weighted by Crippen LogP contribution is 2.32. The van der Waals surface area contributed by atoms with Crippen molar-refractivity contribution in [3.63, 3.8) is 0 Å². The van der Waals surface area contributed by atoms with Crippen LogP contribution in [0.25, 0.3) is 0 Å². The minimum atomic E-state index is 0.440. The first-order chi connectivity index (χ1) is 9.36.